The summed E-state index contributed by atoms with van der Waals surface area (Å²) in [5.41, 5.74) is 0. The van der Waals surface area contributed by atoms with Crippen molar-refractivity contribution < 1.29 is 4.57 Å². The smallest absolute Gasteiger partial charge is 0.300 e. The quantitative estimate of drug-likeness (QED) is 0.532. The molecule has 4 nitrogen and oxygen atoms in total. The Hall–Kier alpha value is -1.58. The first-order valence-electron chi connectivity index (χ1n) is 3.00. The first-order chi connectivity index (χ1) is 4.97. The number of H-pyrrole nitrogens is 2. The van der Waals surface area contributed by atoms with Crippen molar-refractivity contribution in [3.05, 3.63) is 31.1 Å². The van der Waals surface area contributed by atoms with Gasteiger partial charge in [-0.3, -0.25) is 9.97 Å². The molecule has 0 aliphatic rings. The third kappa shape index (κ3) is 0.699. The van der Waals surface area contributed by atoms with Crippen LogP contribution in [-0.2, 0) is 0 Å². The Balaban J connectivity index is 2.48. The minimum atomic E-state index is 0.821. The Morgan fingerprint density at radius 1 is 1.40 bits per heavy atom. The maximum atomic E-state index is 4.05. The zero-order chi connectivity index (χ0) is 6.81. The van der Waals surface area contributed by atoms with Crippen molar-refractivity contribution >= 4 is 0 Å². The summed E-state index contributed by atoms with van der Waals surface area (Å²) in [4.78, 5) is 9.94. The van der Waals surface area contributed by atoms with Gasteiger partial charge in [0.2, 0.25) is 0 Å². The molecule has 2 heterocycles. The third-order valence-corrected chi connectivity index (χ3v) is 1.27. The van der Waals surface area contributed by atoms with Gasteiger partial charge in [-0.05, 0) is 0 Å². The van der Waals surface area contributed by atoms with E-state index in [1.165, 1.54) is 0 Å². The van der Waals surface area contributed by atoms with Gasteiger partial charge >= 0.3 is 5.95 Å². The van der Waals surface area contributed by atoms with Gasteiger partial charge in [-0.2, -0.15) is 0 Å². The molecule has 0 fully saturated rings. The topological polar surface area (TPSA) is 48.3 Å². The molecule has 10 heavy (non-hydrogen) atoms. The summed E-state index contributed by atoms with van der Waals surface area (Å²) >= 11 is 0. The summed E-state index contributed by atoms with van der Waals surface area (Å²) < 4.78 is 1.86. The molecule has 0 bridgehead atoms. The zero-order valence-electron chi connectivity index (χ0n) is 5.28. The average Bonchev–Trinajstić information content (AvgIpc) is 2.59. The Bertz CT molecular complexity index is 249. The van der Waals surface area contributed by atoms with E-state index in [-0.39, 0.29) is 0 Å². The van der Waals surface area contributed by atoms with Crippen LogP contribution in [0.5, 0.6) is 0 Å². The Kier molecular flexibility index (Phi) is 1.04. The van der Waals surface area contributed by atoms with E-state index in [2.05, 4.69) is 15.0 Å². The average molecular weight is 135 g/mol. The van der Waals surface area contributed by atoms with E-state index in [0.717, 1.165) is 5.95 Å². The molecule has 0 amide bonds. The van der Waals surface area contributed by atoms with Crippen LogP contribution in [0.25, 0.3) is 5.95 Å². The first kappa shape index (κ1) is 5.22. The monoisotopic (exact) mass is 135 g/mol. The molecule has 2 aromatic rings. The number of nitrogens with zero attached hydrogens (tertiary/aromatic N) is 2. The lowest BCUT2D eigenvalue weighted by atomic mass is 10.8. The van der Waals surface area contributed by atoms with Crippen LogP contribution in [0.15, 0.2) is 31.1 Å². The number of rotatable bonds is 1. The standard InChI is InChI=1S/C6H6N4/c1-2-9-6(8-1)10-4-3-7-5-10/h1-5H,(H,8,9)/p+1. The second-order valence-electron chi connectivity index (χ2n) is 1.93. The van der Waals surface area contributed by atoms with Crippen molar-refractivity contribution in [2.45, 2.75) is 0 Å². The Morgan fingerprint density at radius 3 is 3.00 bits per heavy atom. The molecule has 0 aliphatic carbocycles. The minimum absolute atomic E-state index is 0.821. The van der Waals surface area contributed by atoms with Crippen LogP contribution in [0.4, 0.5) is 0 Å². The molecular weight excluding hydrogens is 128 g/mol. The molecule has 0 aromatic carbocycles. The summed E-state index contributed by atoms with van der Waals surface area (Å²) in [7, 11) is 0. The number of aromatic nitrogens is 4. The van der Waals surface area contributed by atoms with Gasteiger partial charge < -0.3 is 0 Å². The van der Waals surface area contributed by atoms with Gasteiger partial charge in [0.15, 0.2) is 6.33 Å². The minimum Gasteiger partial charge on any atom is -0.300 e. The van der Waals surface area contributed by atoms with Crippen LogP contribution < -0.4 is 4.57 Å². The summed E-state index contributed by atoms with van der Waals surface area (Å²) in [5.74, 6) is 0.821. The molecule has 0 atom stereocenters. The maximum Gasteiger partial charge on any atom is 0.355 e. The van der Waals surface area contributed by atoms with E-state index in [1.807, 2.05) is 23.3 Å². The molecular formula is C6H7N4+. The summed E-state index contributed by atoms with van der Waals surface area (Å²) in [5, 5.41) is 0. The SMILES string of the molecule is c1c[nH]c(-[n+]2cc[nH]c2)n1. The molecule has 2 N–H and O–H groups in total. The van der Waals surface area contributed by atoms with Crippen molar-refractivity contribution in [2.24, 2.45) is 0 Å². The maximum absolute atomic E-state index is 4.05. The molecule has 2 aromatic heterocycles. The molecule has 4 heteroatoms. The predicted octanol–water partition coefficient (Wildman–Crippen LogP) is 0.0145. The summed E-state index contributed by atoms with van der Waals surface area (Å²) in [6.07, 6.45) is 9.05. The fourth-order valence-corrected chi connectivity index (χ4v) is 0.820. The highest BCUT2D eigenvalue weighted by Crippen LogP contribution is 1.84. The van der Waals surface area contributed by atoms with E-state index in [4.69, 9.17) is 0 Å². The Morgan fingerprint density at radius 2 is 2.40 bits per heavy atom. The van der Waals surface area contributed by atoms with Gasteiger partial charge in [-0.1, -0.05) is 0 Å². The second-order valence-corrected chi connectivity index (χ2v) is 1.93. The molecule has 0 unspecified atom stereocenters. The fraction of sp³-hybridized carbons (Fsp3) is 0. The van der Waals surface area contributed by atoms with Gasteiger partial charge in [0.1, 0.15) is 6.20 Å². The van der Waals surface area contributed by atoms with Crippen LogP contribution in [0.3, 0.4) is 0 Å². The Labute approximate surface area is 57.6 Å². The van der Waals surface area contributed by atoms with Gasteiger partial charge in [-0.15, -0.1) is 4.98 Å². The van der Waals surface area contributed by atoms with Gasteiger partial charge in [0, 0.05) is 0 Å². The molecule has 0 saturated heterocycles. The molecule has 50 valence electrons. The lowest BCUT2D eigenvalue weighted by molar-refractivity contribution is -0.601. The van der Waals surface area contributed by atoms with Crippen molar-refractivity contribution in [3.63, 3.8) is 0 Å². The lowest BCUT2D eigenvalue weighted by Gasteiger charge is -1.82. The number of aromatic amines is 2. The second kappa shape index (κ2) is 1.98. The third-order valence-electron chi connectivity index (χ3n) is 1.27. The van der Waals surface area contributed by atoms with Crippen LogP contribution in [0.1, 0.15) is 0 Å². The zero-order valence-corrected chi connectivity index (χ0v) is 5.28. The number of nitrogens with one attached hydrogen (secondary N) is 2. The van der Waals surface area contributed by atoms with Crippen LogP contribution in [-0.4, -0.2) is 15.0 Å². The number of hydrogen-bond donors (Lipinski definition) is 2. The molecule has 0 saturated carbocycles. The fourth-order valence-electron chi connectivity index (χ4n) is 0.820. The predicted molar refractivity (Wildman–Crippen MR) is 34.5 cm³/mol. The van der Waals surface area contributed by atoms with Gasteiger partial charge in [0.05, 0.1) is 18.6 Å². The van der Waals surface area contributed by atoms with Crippen molar-refractivity contribution in [1.29, 1.82) is 0 Å². The largest absolute Gasteiger partial charge is 0.355 e. The van der Waals surface area contributed by atoms with Crippen molar-refractivity contribution in [1.82, 2.24) is 15.0 Å². The number of imidazole rings is 2. The molecule has 0 aliphatic heterocycles. The lowest BCUT2D eigenvalue weighted by Crippen LogP contribution is -2.28. The van der Waals surface area contributed by atoms with Gasteiger partial charge in [-0.25, -0.2) is 4.57 Å². The highest BCUT2D eigenvalue weighted by atomic mass is 15.2. The highest BCUT2D eigenvalue weighted by molar-refractivity contribution is 4.92. The van der Waals surface area contributed by atoms with Crippen LogP contribution in [0.2, 0.25) is 0 Å². The molecule has 2 rings (SSSR count). The summed E-state index contributed by atoms with van der Waals surface area (Å²) in [6.45, 7) is 0. The van der Waals surface area contributed by atoms with Crippen LogP contribution >= 0.6 is 0 Å². The van der Waals surface area contributed by atoms with E-state index in [0.29, 0.717) is 0 Å². The summed E-state index contributed by atoms with van der Waals surface area (Å²) in [6, 6.07) is 0. The number of hydrogen-bond acceptors (Lipinski definition) is 1. The van der Waals surface area contributed by atoms with Crippen LogP contribution in [0, 0.1) is 0 Å². The van der Waals surface area contributed by atoms with E-state index >= 15 is 0 Å². The van der Waals surface area contributed by atoms with E-state index < -0.39 is 0 Å². The van der Waals surface area contributed by atoms with E-state index in [1.54, 1.807) is 12.4 Å². The normalized spacial score (nSPS) is 10.0. The van der Waals surface area contributed by atoms with Crippen molar-refractivity contribution in [2.75, 3.05) is 0 Å². The van der Waals surface area contributed by atoms with Gasteiger partial charge in [0.25, 0.3) is 0 Å². The molecule has 0 spiro atoms. The first-order valence-corrected chi connectivity index (χ1v) is 3.00. The molecule has 0 radical (unpaired) electrons. The van der Waals surface area contributed by atoms with E-state index in [9.17, 15) is 0 Å². The van der Waals surface area contributed by atoms with Crippen molar-refractivity contribution in [3.8, 4) is 5.95 Å². The highest BCUT2D eigenvalue weighted by Gasteiger charge is 2.01.